The Hall–Kier alpha value is -3.88. The van der Waals surface area contributed by atoms with Gasteiger partial charge in [-0.15, -0.1) is 0 Å². The average molecular weight is 502 g/mol. The van der Waals surface area contributed by atoms with Gasteiger partial charge in [0, 0.05) is 36.1 Å². The highest BCUT2D eigenvalue weighted by atomic mass is 19.1. The van der Waals surface area contributed by atoms with Crippen LogP contribution in [0.25, 0.3) is 39.5 Å². The summed E-state index contributed by atoms with van der Waals surface area (Å²) in [5.41, 5.74) is 5.70. The molecule has 1 aliphatic carbocycles. The molecule has 2 aromatic heterocycles. The van der Waals surface area contributed by atoms with E-state index in [2.05, 4.69) is 0 Å². The minimum Gasteiger partial charge on any atom is -0.481 e. The number of aliphatic hydroxyl groups excluding tert-OH is 2. The maximum atomic E-state index is 13.9. The highest BCUT2D eigenvalue weighted by Gasteiger charge is 2.31. The van der Waals surface area contributed by atoms with Gasteiger partial charge in [-0.1, -0.05) is 54.6 Å². The predicted octanol–water partition coefficient (Wildman–Crippen LogP) is 4.92. The van der Waals surface area contributed by atoms with Crippen LogP contribution in [0.15, 0.2) is 60.7 Å². The number of aliphatic carboxylic acids is 1. The van der Waals surface area contributed by atoms with Gasteiger partial charge < -0.3 is 15.3 Å². The molecule has 3 N–H and O–H groups in total. The van der Waals surface area contributed by atoms with Crippen molar-refractivity contribution in [2.75, 3.05) is 0 Å². The number of aryl methyl sites for hydroxylation is 1. The molecule has 1 saturated carbocycles. The standard InChI is InChI=1S/C29H28FN3O4/c1-33-29-26(28(32-33)18-5-3-2-4-6-18)25(17-9-11-20(30)12-10-17)23(27(31-29)19-7-8-19)14-13-21(34)15-22(35)16-24(36)37/h2-6,9-14,19,21-22,34-35H,7-8,15-16H2,1H3,(H,36,37)/b14-13+. The summed E-state index contributed by atoms with van der Waals surface area (Å²) < 4.78 is 15.7. The molecule has 4 aromatic rings. The van der Waals surface area contributed by atoms with E-state index >= 15 is 0 Å². The highest BCUT2D eigenvalue weighted by Crippen LogP contribution is 2.47. The molecule has 0 saturated heterocycles. The number of hydrogen-bond donors (Lipinski definition) is 3. The van der Waals surface area contributed by atoms with Crippen LogP contribution in [-0.4, -0.2) is 48.3 Å². The number of aliphatic hydroxyl groups is 2. The third kappa shape index (κ3) is 5.30. The summed E-state index contributed by atoms with van der Waals surface area (Å²) in [6, 6.07) is 16.1. The Labute approximate surface area is 213 Å². The van der Waals surface area contributed by atoms with Gasteiger partial charge in [-0.3, -0.25) is 4.79 Å². The number of carbonyl (C=O) groups is 1. The zero-order chi connectivity index (χ0) is 26.1. The predicted molar refractivity (Wildman–Crippen MR) is 139 cm³/mol. The van der Waals surface area contributed by atoms with Crippen LogP contribution in [0.2, 0.25) is 0 Å². The number of rotatable bonds is 9. The maximum Gasteiger partial charge on any atom is 0.305 e. The van der Waals surface area contributed by atoms with E-state index in [1.54, 1.807) is 29.0 Å². The molecule has 1 aliphatic rings. The van der Waals surface area contributed by atoms with Crippen molar-refractivity contribution in [1.82, 2.24) is 14.8 Å². The van der Waals surface area contributed by atoms with Crippen molar-refractivity contribution in [3.05, 3.63) is 77.7 Å². The van der Waals surface area contributed by atoms with Crippen LogP contribution in [0, 0.1) is 5.82 Å². The fourth-order valence-corrected chi connectivity index (χ4v) is 4.71. The van der Waals surface area contributed by atoms with Crippen LogP contribution >= 0.6 is 0 Å². The van der Waals surface area contributed by atoms with Gasteiger partial charge in [-0.05, 0) is 30.5 Å². The van der Waals surface area contributed by atoms with Crippen molar-refractivity contribution in [1.29, 1.82) is 0 Å². The molecule has 0 radical (unpaired) electrons. The number of carboxylic acids is 1. The number of benzene rings is 2. The van der Waals surface area contributed by atoms with E-state index in [1.165, 1.54) is 12.1 Å². The monoisotopic (exact) mass is 501 g/mol. The van der Waals surface area contributed by atoms with Crippen LogP contribution in [0.5, 0.6) is 0 Å². The van der Waals surface area contributed by atoms with Crippen molar-refractivity contribution in [2.45, 2.75) is 43.8 Å². The molecule has 0 amide bonds. The minimum absolute atomic E-state index is 0.106. The zero-order valence-electron chi connectivity index (χ0n) is 20.4. The number of pyridine rings is 1. The van der Waals surface area contributed by atoms with Crippen molar-refractivity contribution < 1.29 is 24.5 Å². The lowest BCUT2D eigenvalue weighted by Crippen LogP contribution is -2.19. The van der Waals surface area contributed by atoms with Gasteiger partial charge >= 0.3 is 5.97 Å². The first-order valence-corrected chi connectivity index (χ1v) is 12.3. The van der Waals surface area contributed by atoms with Crippen molar-refractivity contribution in [3.8, 4) is 22.4 Å². The molecule has 0 spiro atoms. The van der Waals surface area contributed by atoms with Crippen LogP contribution in [0.3, 0.4) is 0 Å². The average Bonchev–Trinajstić information content (AvgIpc) is 3.66. The van der Waals surface area contributed by atoms with Gasteiger partial charge in [0.1, 0.15) is 11.5 Å². The number of fused-ring (bicyclic) bond motifs is 1. The molecule has 37 heavy (non-hydrogen) atoms. The zero-order valence-corrected chi connectivity index (χ0v) is 20.4. The number of aromatic nitrogens is 3. The summed E-state index contributed by atoms with van der Waals surface area (Å²) in [4.78, 5) is 15.9. The van der Waals surface area contributed by atoms with Crippen LogP contribution < -0.4 is 0 Å². The van der Waals surface area contributed by atoms with Gasteiger partial charge in [0.15, 0.2) is 5.65 Å². The second-order valence-corrected chi connectivity index (χ2v) is 9.52. The van der Waals surface area contributed by atoms with Crippen molar-refractivity contribution in [2.24, 2.45) is 7.05 Å². The molecule has 7 nitrogen and oxygen atoms in total. The topological polar surface area (TPSA) is 108 Å². The van der Waals surface area contributed by atoms with Gasteiger partial charge in [0.25, 0.3) is 0 Å². The van der Waals surface area contributed by atoms with Crippen LogP contribution in [-0.2, 0) is 11.8 Å². The number of halogens is 1. The smallest absolute Gasteiger partial charge is 0.305 e. The molecular formula is C29H28FN3O4. The fraction of sp³-hybridized carbons (Fsp3) is 0.276. The summed E-state index contributed by atoms with van der Waals surface area (Å²) in [7, 11) is 1.86. The largest absolute Gasteiger partial charge is 0.481 e. The molecule has 190 valence electrons. The first-order chi connectivity index (χ1) is 17.8. The lowest BCUT2D eigenvalue weighted by Gasteiger charge is -2.16. The summed E-state index contributed by atoms with van der Waals surface area (Å²) in [6.45, 7) is 0. The molecule has 8 heteroatoms. The van der Waals surface area contributed by atoms with Gasteiger partial charge in [0.05, 0.1) is 29.7 Å². The molecule has 0 aliphatic heterocycles. The maximum absolute atomic E-state index is 13.9. The minimum atomic E-state index is -1.17. The van der Waals surface area contributed by atoms with E-state index in [1.807, 2.05) is 37.4 Å². The molecule has 5 rings (SSSR count). The third-order valence-electron chi connectivity index (χ3n) is 6.59. The highest BCUT2D eigenvalue weighted by molar-refractivity contribution is 6.06. The Balaban J connectivity index is 1.72. The van der Waals surface area contributed by atoms with E-state index in [4.69, 9.17) is 15.2 Å². The van der Waals surface area contributed by atoms with Crippen LogP contribution in [0.4, 0.5) is 4.39 Å². The molecule has 2 unspecified atom stereocenters. The SMILES string of the molecule is Cn1nc(-c2ccccc2)c2c(-c3ccc(F)cc3)c(/C=C/C(O)CC(O)CC(=O)O)c(C3CC3)nc21. The molecule has 2 atom stereocenters. The van der Waals surface area contributed by atoms with Gasteiger partial charge in [-0.2, -0.15) is 5.10 Å². The quantitative estimate of drug-likeness (QED) is 0.301. The first kappa shape index (κ1) is 24.8. The Morgan fingerprint density at radius 1 is 1.11 bits per heavy atom. The van der Waals surface area contributed by atoms with E-state index in [0.29, 0.717) is 0 Å². The normalized spacial score (nSPS) is 15.4. The van der Waals surface area contributed by atoms with E-state index in [9.17, 15) is 19.4 Å². The summed E-state index contributed by atoms with van der Waals surface area (Å²) in [5, 5.41) is 35.1. The summed E-state index contributed by atoms with van der Waals surface area (Å²) in [6.07, 6.45) is 2.57. The molecule has 1 fully saturated rings. The van der Waals surface area contributed by atoms with Crippen molar-refractivity contribution in [3.63, 3.8) is 0 Å². The number of nitrogens with zero attached hydrogens (tertiary/aromatic N) is 3. The Morgan fingerprint density at radius 2 is 1.81 bits per heavy atom. The number of carboxylic acid groups (broad SMARTS) is 1. The second kappa shape index (κ2) is 10.2. The molecular weight excluding hydrogens is 473 g/mol. The Morgan fingerprint density at radius 3 is 2.46 bits per heavy atom. The van der Waals surface area contributed by atoms with Gasteiger partial charge in [-0.25, -0.2) is 14.1 Å². The van der Waals surface area contributed by atoms with E-state index in [-0.39, 0.29) is 18.2 Å². The summed E-state index contributed by atoms with van der Waals surface area (Å²) in [5.74, 6) is -1.21. The number of hydrogen-bond acceptors (Lipinski definition) is 5. The van der Waals surface area contributed by atoms with Gasteiger partial charge in [0.2, 0.25) is 0 Å². The van der Waals surface area contributed by atoms with Crippen LogP contribution in [0.1, 0.15) is 42.9 Å². The molecule has 2 aromatic carbocycles. The second-order valence-electron chi connectivity index (χ2n) is 9.52. The third-order valence-corrected chi connectivity index (χ3v) is 6.59. The molecule has 0 bridgehead atoms. The van der Waals surface area contributed by atoms with E-state index < -0.39 is 24.6 Å². The molecule has 2 heterocycles. The lowest BCUT2D eigenvalue weighted by atomic mass is 9.91. The summed E-state index contributed by atoms with van der Waals surface area (Å²) >= 11 is 0. The fourth-order valence-electron chi connectivity index (χ4n) is 4.71. The van der Waals surface area contributed by atoms with E-state index in [0.717, 1.165) is 57.5 Å². The Bertz CT molecular complexity index is 1460. The van der Waals surface area contributed by atoms with Crippen molar-refractivity contribution >= 4 is 23.1 Å². The Kier molecular flexibility index (Phi) is 6.86. The first-order valence-electron chi connectivity index (χ1n) is 12.3. The lowest BCUT2D eigenvalue weighted by molar-refractivity contribution is -0.139.